The number of hydrogen-bond acceptors (Lipinski definition) is 3. The fourth-order valence-electron chi connectivity index (χ4n) is 1.29. The summed E-state index contributed by atoms with van der Waals surface area (Å²) < 4.78 is 18.0. The number of amides is 1. The van der Waals surface area contributed by atoms with Crippen LogP contribution in [0.1, 0.15) is 20.3 Å². The van der Waals surface area contributed by atoms with Gasteiger partial charge in [0.15, 0.2) is 0 Å². The van der Waals surface area contributed by atoms with Gasteiger partial charge in [0.1, 0.15) is 5.82 Å². The molecule has 1 aromatic rings. The number of nitrogens with two attached hydrogens (primary N) is 1. The highest BCUT2D eigenvalue weighted by Crippen LogP contribution is 2.18. The van der Waals surface area contributed by atoms with E-state index in [1.165, 1.54) is 18.2 Å². The Morgan fingerprint density at radius 1 is 1.53 bits per heavy atom. The number of halogens is 1. The number of hydrogen-bond donors (Lipinski definition) is 2. The van der Waals surface area contributed by atoms with E-state index in [0.717, 1.165) is 0 Å². The summed E-state index contributed by atoms with van der Waals surface area (Å²) in [7, 11) is 1.54. The first-order valence-corrected chi connectivity index (χ1v) is 5.24. The van der Waals surface area contributed by atoms with E-state index in [-0.39, 0.29) is 18.0 Å². The molecule has 0 aliphatic heterocycles. The van der Waals surface area contributed by atoms with Gasteiger partial charge in [0.25, 0.3) is 0 Å². The van der Waals surface area contributed by atoms with Crippen LogP contribution in [0.15, 0.2) is 18.2 Å². The number of carbonyl (C=O) groups excluding carboxylic acids is 1. The second-order valence-electron chi connectivity index (χ2n) is 4.43. The van der Waals surface area contributed by atoms with Crippen molar-refractivity contribution in [3.8, 4) is 0 Å². The Bertz CT molecular complexity index is 419. The maximum Gasteiger partial charge on any atom is 0.227 e. The van der Waals surface area contributed by atoms with Crippen LogP contribution in [0.3, 0.4) is 0 Å². The van der Waals surface area contributed by atoms with Crippen LogP contribution in [0.25, 0.3) is 0 Å². The van der Waals surface area contributed by atoms with Crippen molar-refractivity contribution in [1.82, 2.24) is 0 Å². The summed E-state index contributed by atoms with van der Waals surface area (Å²) in [6.07, 6.45) is 0.209. The van der Waals surface area contributed by atoms with Gasteiger partial charge in [-0.2, -0.15) is 0 Å². The maximum atomic E-state index is 12.9. The molecule has 0 spiro atoms. The summed E-state index contributed by atoms with van der Waals surface area (Å²) in [6.45, 7) is 3.62. The van der Waals surface area contributed by atoms with Gasteiger partial charge in [0.2, 0.25) is 5.91 Å². The number of carbonyl (C=O) groups is 1. The van der Waals surface area contributed by atoms with E-state index in [2.05, 4.69) is 5.32 Å². The third-order valence-corrected chi connectivity index (χ3v) is 2.42. The van der Waals surface area contributed by atoms with Crippen molar-refractivity contribution in [2.75, 3.05) is 18.2 Å². The molecule has 0 radical (unpaired) electrons. The van der Waals surface area contributed by atoms with Gasteiger partial charge in [-0.1, -0.05) is 0 Å². The van der Waals surface area contributed by atoms with Crippen LogP contribution in [-0.2, 0) is 9.53 Å². The lowest BCUT2D eigenvalue weighted by molar-refractivity contribution is -0.121. The summed E-state index contributed by atoms with van der Waals surface area (Å²) in [4.78, 5) is 11.7. The highest BCUT2D eigenvalue weighted by molar-refractivity contribution is 5.91. The molecule has 0 aliphatic rings. The van der Waals surface area contributed by atoms with Gasteiger partial charge in [0, 0.05) is 12.8 Å². The normalized spacial score (nSPS) is 11.3. The van der Waals surface area contributed by atoms with E-state index in [9.17, 15) is 9.18 Å². The molecule has 3 N–H and O–H groups in total. The van der Waals surface area contributed by atoms with E-state index in [0.29, 0.717) is 5.69 Å². The minimum atomic E-state index is -0.532. The van der Waals surface area contributed by atoms with Gasteiger partial charge >= 0.3 is 0 Å². The van der Waals surface area contributed by atoms with Crippen molar-refractivity contribution < 1.29 is 13.9 Å². The smallest absolute Gasteiger partial charge is 0.227 e. The SMILES string of the molecule is COC(C)(C)CC(=O)Nc1ccc(F)c(N)c1. The molecule has 0 aromatic heterocycles. The van der Waals surface area contributed by atoms with Crippen LogP contribution in [0, 0.1) is 5.82 Å². The van der Waals surface area contributed by atoms with Crippen molar-refractivity contribution in [1.29, 1.82) is 0 Å². The van der Waals surface area contributed by atoms with Crippen molar-refractivity contribution in [3.63, 3.8) is 0 Å². The molecule has 1 amide bonds. The first-order chi connectivity index (χ1) is 7.84. The minimum Gasteiger partial charge on any atom is -0.396 e. The molecule has 0 saturated carbocycles. The molecule has 5 heteroatoms. The highest BCUT2D eigenvalue weighted by atomic mass is 19.1. The van der Waals surface area contributed by atoms with Crippen LogP contribution < -0.4 is 11.1 Å². The van der Waals surface area contributed by atoms with E-state index < -0.39 is 11.4 Å². The van der Waals surface area contributed by atoms with Crippen LogP contribution in [0.2, 0.25) is 0 Å². The third kappa shape index (κ3) is 4.03. The Morgan fingerprint density at radius 2 is 2.18 bits per heavy atom. The zero-order valence-corrected chi connectivity index (χ0v) is 10.2. The van der Waals surface area contributed by atoms with Crippen molar-refractivity contribution in [3.05, 3.63) is 24.0 Å². The minimum absolute atomic E-state index is 0.00815. The van der Waals surface area contributed by atoms with E-state index in [4.69, 9.17) is 10.5 Å². The van der Waals surface area contributed by atoms with Gasteiger partial charge < -0.3 is 15.8 Å². The average Bonchev–Trinajstić information content (AvgIpc) is 2.23. The van der Waals surface area contributed by atoms with Crippen LogP contribution >= 0.6 is 0 Å². The fraction of sp³-hybridized carbons (Fsp3) is 0.417. The van der Waals surface area contributed by atoms with Crippen molar-refractivity contribution >= 4 is 17.3 Å². The molecule has 0 atom stereocenters. The maximum absolute atomic E-state index is 12.9. The first kappa shape index (κ1) is 13.4. The monoisotopic (exact) mass is 240 g/mol. The lowest BCUT2D eigenvalue weighted by Crippen LogP contribution is -2.29. The van der Waals surface area contributed by atoms with Gasteiger partial charge in [0.05, 0.1) is 17.7 Å². The second kappa shape index (κ2) is 5.14. The Kier molecular flexibility index (Phi) is 4.07. The van der Waals surface area contributed by atoms with Gasteiger partial charge in [-0.15, -0.1) is 0 Å². The molecule has 0 fully saturated rings. The molecule has 0 bridgehead atoms. The number of rotatable bonds is 4. The Balaban J connectivity index is 2.65. The summed E-state index contributed by atoms with van der Waals surface area (Å²) in [5, 5.41) is 2.63. The van der Waals surface area contributed by atoms with Crippen molar-refractivity contribution in [2.24, 2.45) is 0 Å². The quantitative estimate of drug-likeness (QED) is 0.793. The number of nitrogen functional groups attached to an aromatic ring is 1. The summed E-state index contributed by atoms with van der Waals surface area (Å²) >= 11 is 0. The van der Waals surface area contributed by atoms with E-state index in [1.54, 1.807) is 7.11 Å². The number of ether oxygens (including phenoxy) is 1. The Morgan fingerprint density at radius 3 is 2.71 bits per heavy atom. The Labute approximate surface area is 100.0 Å². The number of nitrogens with one attached hydrogen (secondary N) is 1. The second-order valence-corrected chi connectivity index (χ2v) is 4.43. The molecule has 17 heavy (non-hydrogen) atoms. The summed E-state index contributed by atoms with van der Waals surface area (Å²) in [6, 6.07) is 4.06. The highest BCUT2D eigenvalue weighted by Gasteiger charge is 2.21. The lowest BCUT2D eigenvalue weighted by atomic mass is 10.0. The van der Waals surface area contributed by atoms with Gasteiger partial charge in [-0.25, -0.2) is 4.39 Å². The standard InChI is InChI=1S/C12H17FN2O2/c1-12(2,17-3)7-11(16)15-8-4-5-9(13)10(14)6-8/h4-6H,7,14H2,1-3H3,(H,15,16). The third-order valence-electron chi connectivity index (χ3n) is 2.42. The molecule has 0 unspecified atom stereocenters. The van der Waals surface area contributed by atoms with Crippen LogP contribution in [0.5, 0.6) is 0 Å². The largest absolute Gasteiger partial charge is 0.396 e. The molecule has 4 nitrogen and oxygen atoms in total. The number of benzene rings is 1. The summed E-state index contributed by atoms with van der Waals surface area (Å²) in [5.41, 5.74) is 5.35. The zero-order valence-electron chi connectivity index (χ0n) is 10.2. The number of methoxy groups -OCH3 is 1. The van der Waals surface area contributed by atoms with Gasteiger partial charge in [-0.3, -0.25) is 4.79 Å². The fourth-order valence-corrected chi connectivity index (χ4v) is 1.29. The predicted octanol–water partition coefficient (Wildman–Crippen LogP) is 2.16. The molecule has 0 saturated heterocycles. The van der Waals surface area contributed by atoms with Crippen molar-refractivity contribution in [2.45, 2.75) is 25.9 Å². The van der Waals surface area contributed by atoms with Crippen LogP contribution in [-0.4, -0.2) is 18.6 Å². The molecule has 1 aromatic carbocycles. The zero-order chi connectivity index (χ0) is 13.1. The molecular weight excluding hydrogens is 223 g/mol. The predicted molar refractivity (Wildman–Crippen MR) is 65.1 cm³/mol. The molecular formula is C12H17FN2O2. The van der Waals surface area contributed by atoms with Gasteiger partial charge in [-0.05, 0) is 32.0 Å². The summed E-state index contributed by atoms with van der Waals surface area (Å²) in [5.74, 6) is -0.705. The molecule has 1 rings (SSSR count). The number of anilines is 2. The van der Waals surface area contributed by atoms with E-state index >= 15 is 0 Å². The van der Waals surface area contributed by atoms with Crippen LogP contribution in [0.4, 0.5) is 15.8 Å². The Hall–Kier alpha value is -1.62. The topological polar surface area (TPSA) is 64.3 Å². The first-order valence-electron chi connectivity index (χ1n) is 5.24. The molecule has 0 aliphatic carbocycles. The average molecular weight is 240 g/mol. The molecule has 0 heterocycles. The van der Waals surface area contributed by atoms with E-state index in [1.807, 2.05) is 13.8 Å². The molecule has 94 valence electrons. The lowest BCUT2D eigenvalue weighted by Gasteiger charge is -2.21.